The molecule has 4 heteroatoms. The number of amides is 1. The minimum absolute atomic E-state index is 0.0693. The van der Waals surface area contributed by atoms with E-state index in [1.807, 2.05) is 31.2 Å². The molecule has 0 aliphatic heterocycles. The molecule has 0 saturated heterocycles. The van der Waals surface area contributed by atoms with E-state index in [-0.39, 0.29) is 12.5 Å². The third-order valence-corrected chi connectivity index (χ3v) is 3.71. The monoisotopic (exact) mass is 277 g/mol. The highest BCUT2D eigenvalue weighted by atomic mass is 16.5. The highest BCUT2D eigenvalue weighted by Gasteiger charge is 2.30. The van der Waals surface area contributed by atoms with Gasteiger partial charge in [-0.1, -0.05) is 12.1 Å². The van der Waals surface area contributed by atoms with Gasteiger partial charge in [-0.05, 0) is 49.8 Å². The number of rotatable bonds is 7. The third-order valence-electron chi connectivity index (χ3n) is 3.71. The predicted octanol–water partition coefficient (Wildman–Crippen LogP) is 2.37. The number of benzene rings is 1. The van der Waals surface area contributed by atoms with E-state index < -0.39 is 0 Å². The fraction of sp³-hybridized carbons (Fsp3) is 0.562. The van der Waals surface area contributed by atoms with E-state index in [1.54, 1.807) is 0 Å². The van der Waals surface area contributed by atoms with Crippen molar-refractivity contribution < 1.29 is 14.6 Å². The molecule has 1 saturated carbocycles. The van der Waals surface area contributed by atoms with Crippen LogP contribution in [-0.4, -0.2) is 30.3 Å². The molecule has 2 rings (SSSR count). The topological polar surface area (TPSA) is 58.6 Å². The first-order valence-electron chi connectivity index (χ1n) is 7.32. The second-order valence-electron chi connectivity index (χ2n) is 5.34. The molecule has 4 nitrogen and oxygen atoms in total. The summed E-state index contributed by atoms with van der Waals surface area (Å²) >= 11 is 0. The standard InChI is InChI=1S/C16H23NO3/c1-2-20-15-9-13(10-15)11-16(19)17-14-5-3-12(4-6-14)7-8-18/h3-6,13,15,18H,2,7-11H2,1H3,(H,17,19). The maximum Gasteiger partial charge on any atom is 0.224 e. The molecular weight excluding hydrogens is 254 g/mol. The quantitative estimate of drug-likeness (QED) is 0.804. The molecule has 20 heavy (non-hydrogen) atoms. The molecule has 0 atom stereocenters. The van der Waals surface area contributed by atoms with E-state index in [0.29, 0.717) is 24.9 Å². The van der Waals surface area contributed by atoms with Crippen molar-refractivity contribution in [1.29, 1.82) is 0 Å². The third kappa shape index (κ3) is 4.32. The largest absolute Gasteiger partial charge is 0.396 e. The number of hydrogen-bond acceptors (Lipinski definition) is 3. The van der Waals surface area contributed by atoms with Crippen LogP contribution in [0.1, 0.15) is 31.7 Å². The molecule has 1 fully saturated rings. The van der Waals surface area contributed by atoms with Crippen LogP contribution >= 0.6 is 0 Å². The van der Waals surface area contributed by atoms with Gasteiger partial charge in [-0.15, -0.1) is 0 Å². The van der Waals surface area contributed by atoms with Crippen molar-refractivity contribution >= 4 is 11.6 Å². The molecular formula is C16H23NO3. The Balaban J connectivity index is 1.72. The van der Waals surface area contributed by atoms with Crippen LogP contribution in [0.4, 0.5) is 5.69 Å². The predicted molar refractivity (Wildman–Crippen MR) is 78.6 cm³/mol. The number of aliphatic hydroxyl groups excluding tert-OH is 1. The van der Waals surface area contributed by atoms with Crippen molar-refractivity contribution in [2.45, 2.75) is 38.7 Å². The molecule has 0 aromatic heterocycles. The van der Waals surface area contributed by atoms with Gasteiger partial charge in [0, 0.05) is 25.3 Å². The highest BCUT2D eigenvalue weighted by Crippen LogP contribution is 2.32. The second kappa shape index (κ2) is 7.41. The van der Waals surface area contributed by atoms with E-state index in [1.165, 1.54) is 0 Å². The Morgan fingerprint density at radius 3 is 2.65 bits per heavy atom. The molecule has 0 spiro atoms. The Morgan fingerprint density at radius 2 is 2.05 bits per heavy atom. The SMILES string of the molecule is CCOC1CC(CC(=O)Nc2ccc(CCO)cc2)C1. The van der Waals surface area contributed by atoms with Crippen LogP contribution in [0.15, 0.2) is 24.3 Å². The van der Waals surface area contributed by atoms with E-state index in [2.05, 4.69) is 5.32 Å². The summed E-state index contributed by atoms with van der Waals surface area (Å²) in [5.74, 6) is 0.528. The number of carbonyl (C=O) groups is 1. The Labute approximate surface area is 120 Å². The average Bonchev–Trinajstić information content (AvgIpc) is 2.39. The maximum atomic E-state index is 11.9. The lowest BCUT2D eigenvalue weighted by molar-refractivity contribution is -0.119. The number of aliphatic hydroxyl groups is 1. The Kier molecular flexibility index (Phi) is 5.56. The van der Waals surface area contributed by atoms with Crippen molar-refractivity contribution in [3.63, 3.8) is 0 Å². The van der Waals surface area contributed by atoms with E-state index in [9.17, 15) is 4.79 Å². The zero-order valence-electron chi connectivity index (χ0n) is 12.0. The smallest absolute Gasteiger partial charge is 0.224 e. The van der Waals surface area contributed by atoms with E-state index in [4.69, 9.17) is 9.84 Å². The molecule has 1 aromatic rings. The van der Waals surface area contributed by atoms with Gasteiger partial charge in [0.25, 0.3) is 0 Å². The maximum absolute atomic E-state index is 11.9. The molecule has 2 N–H and O–H groups in total. The van der Waals surface area contributed by atoms with Gasteiger partial charge >= 0.3 is 0 Å². The minimum Gasteiger partial charge on any atom is -0.396 e. The van der Waals surface area contributed by atoms with Crippen molar-refractivity contribution in [2.24, 2.45) is 5.92 Å². The van der Waals surface area contributed by atoms with Gasteiger partial charge in [0.1, 0.15) is 0 Å². The molecule has 0 unspecified atom stereocenters. The first kappa shape index (κ1) is 15.0. The van der Waals surface area contributed by atoms with Crippen LogP contribution in [0, 0.1) is 5.92 Å². The van der Waals surface area contributed by atoms with Crippen molar-refractivity contribution in [3.8, 4) is 0 Å². The summed E-state index contributed by atoms with van der Waals surface area (Å²) in [4.78, 5) is 11.9. The summed E-state index contributed by atoms with van der Waals surface area (Å²) < 4.78 is 5.49. The number of hydrogen-bond donors (Lipinski definition) is 2. The Bertz CT molecular complexity index is 424. The molecule has 0 radical (unpaired) electrons. The van der Waals surface area contributed by atoms with E-state index in [0.717, 1.165) is 30.7 Å². The fourth-order valence-corrected chi connectivity index (χ4v) is 2.57. The fourth-order valence-electron chi connectivity index (χ4n) is 2.57. The number of anilines is 1. The van der Waals surface area contributed by atoms with Crippen LogP contribution in [0.2, 0.25) is 0 Å². The van der Waals surface area contributed by atoms with Gasteiger partial charge in [0.05, 0.1) is 6.10 Å². The highest BCUT2D eigenvalue weighted by molar-refractivity contribution is 5.90. The molecule has 110 valence electrons. The first-order chi connectivity index (χ1) is 9.71. The number of nitrogens with one attached hydrogen (secondary N) is 1. The summed E-state index contributed by atoms with van der Waals surface area (Å²) in [5.41, 5.74) is 1.89. The molecule has 1 aliphatic rings. The lowest BCUT2D eigenvalue weighted by Gasteiger charge is -2.34. The molecule has 0 bridgehead atoms. The zero-order chi connectivity index (χ0) is 14.4. The molecule has 1 aliphatic carbocycles. The summed E-state index contributed by atoms with van der Waals surface area (Å²) in [6.45, 7) is 2.90. The van der Waals surface area contributed by atoms with Gasteiger partial charge in [-0.2, -0.15) is 0 Å². The Hall–Kier alpha value is -1.39. The lowest BCUT2D eigenvalue weighted by Crippen LogP contribution is -2.33. The summed E-state index contributed by atoms with van der Waals surface area (Å²) in [7, 11) is 0. The minimum atomic E-state index is 0.0693. The normalized spacial score (nSPS) is 21.3. The van der Waals surface area contributed by atoms with Crippen molar-refractivity contribution in [3.05, 3.63) is 29.8 Å². The number of ether oxygens (including phenoxy) is 1. The van der Waals surface area contributed by atoms with Crippen LogP contribution in [0.3, 0.4) is 0 Å². The summed E-state index contributed by atoms with van der Waals surface area (Å²) in [6, 6.07) is 7.62. The molecule has 1 amide bonds. The van der Waals surface area contributed by atoms with Gasteiger partial charge in [-0.25, -0.2) is 0 Å². The van der Waals surface area contributed by atoms with Crippen molar-refractivity contribution in [2.75, 3.05) is 18.5 Å². The summed E-state index contributed by atoms with van der Waals surface area (Å²) in [6.07, 6.45) is 3.57. The zero-order valence-corrected chi connectivity index (χ0v) is 12.0. The van der Waals surface area contributed by atoms with Crippen LogP contribution in [0.25, 0.3) is 0 Å². The van der Waals surface area contributed by atoms with Crippen LogP contribution < -0.4 is 5.32 Å². The van der Waals surface area contributed by atoms with Crippen molar-refractivity contribution in [1.82, 2.24) is 0 Å². The summed E-state index contributed by atoms with van der Waals surface area (Å²) in [5, 5.41) is 11.8. The second-order valence-corrected chi connectivity index (χ2v) is 5.34. The van der Waals surface area contributed by atoms with Gasteiger partial charge in [0.2, 0.25) is 5.91 Å². The van der Waals surface area contributed by atoms with Crippen LogP contribution in [-0.2, 0) is 16.0 Å². The van der Waals surface area contributed by atoms with Gasteiger partial charge in [-0.3, -0.25) is 4.79 Å². The first-order valence-corrected chi connectivity index (χ1v) is 7.32. The lowest BCUT2D eigenvalue weighted by atomic mass is 9.80. The number of carbonyl (C=O) groups excluding carboxylic acids is 1. The van der Waals surface area contributed by atoms with Crippen LogP contribution in [0.5, 0.6) is 0 Å². The molecule has 0 heterocycles. The molecule has 1 aromatic carbocycles. The Morgan fingerprint density at radius 1 is 1.35 bits per heavy atom. The average molecular weight is 277 g/mol. The van der Waals surface area contributed by atoms with Gasteiger partial charge < -0.3 is 15.2 Å². The van der Waals surface area contributed by atoms with Gasteiger partial charge in [0.15, 0.2) is 0 Å². The van der Waals surface area contributed by atoms with E-state index >= 15 is 0 Å².